The van der Waals surface area contributed by atoms with Gasteiger partial charge in [0.05, 0.1) is 0 Å². The van der Waals surface area contributed by atoms with Gasteiger partial charge in [0.15, 0.2) is 0 Å². The van der Waals surface area contributed by atoms with Crippen molar-refractivity contribution in [2.75, 3.05) is 18.0 Å². The molecule has 1 atom stereocenters. The molecule has 1 saturated heterocycles. The van der Waals surface area contributed by atoms with Gasteiger partial charge in [-0.25, -0.2) is 14.4 Å². The third-order valence-corrected chi connectivity index (χ3v) is 5.29. The van der Waals surface area contributed by atoms with Crippen LogP contribution in [0.3, 0.4) is 0 Å². The number of rotatable bonds is 4. The molecule has 1 aromatic carbocycles. The molecule has 0 amide bonds. The molecule has 1 fully saturated rings. The van der Waals surface area contributed by atoms with Gasteiger partial charge in [0.2, 0.25) is 0 Å². The molecule has 4 nitrogen and oxygen atoms in total. The minimum absolute atomic E-state index is 0.201. The van der Waals surface area contributed by atoms with Crippen molar-refractivity contribution >= 4 is 5.82 Å². The number of halogens is 1. The fourth-order valence-electron chi connectivity index (χ4n) is 3.91. The van der Waals surface area contributed by atoms with E-state index >= 15 is 0 Å². The second kappa shape index (κ2) is 8.05. The lowest BCUT2D eigenvalue weighted by molar-refractivity contribution is 0.498. The highest BCUT2D eigenvalue weighted by Crippen LogP contribution is 2.28. The fraction of sp³-hybridized carbons (Fsp3) is 0.348. The molecule has 28 heavy (non-hydrogen) atoms. The first-order valence-electron chi connectivity index (χ1n) is 9.83. The van der Waals surface area contributed by atoms with Crippen LogP contribution in [0.2, 0.25) is 0 Å². The highest BCUT2D eigenvalue weighted by molar-refractivity contribution is 5.41. The Morgan fingerprint density at radius 1 is 1.04 bits per heavy atom. The van der Waals surface area contributed by atoms with Crippen molar-refractivity contribution in [2.45, 2.75) is 39.0 Å². The third-order valence-electron chi connectivity index (χ3n) is 5.29. The van der Waals surface area contributed by atoms with Crippen LogP contribution in [0, 0.1) is 19.7 Å². The Balaban J connectivity index is 1.45. The number of anilines is 1. The van der Waals surface area contributed by atoms with E-state index in [2.05, 4.69) is 33.1 Å². The lowest BCUT2D eigenvalue weighted by Crippen LogP contribution is -2.35. The van der Waals surface area contributed by atoms with E-state index < -0.39 is 0 Å². The molecule has 0 bridgehead atoms. The van der Waals surface area contributed by atoms with Gasteiger partial charge in [0, 0.05) is 42.7 Å². The van der Waals surface area contributed by atoms with Gasteiger partial charge >= 0.3 is 0 Å². The molecule has 0 radical (unpaired) electrons. The number of hydrogen-bond donors (Lipinski definition) is 0. The Hall–Kier alpha value is -2.82. The average Bonchev–Trinajstić information content (AvgIpc) is 2.70. The number of aryl methyl sites for hydroxylation is 2. The molecule has 3 aromatic rings. The minimum atomic E-state index is -0.201. The predicted molar refractivity (Wildman–Crippen MR) is 109 cm³/mol. The Morgan fingerprint density at radius 2 is 1.82 bits per heavy atom. The van der Waals surface area contributed by atoms with E-state index in [1.54, 1.807) is 0 Å². The molecular formula is C23H25FN4. The number of piperidine rings is 1. The largest absolute Gasteiger partial charge is 0.356 e. The Morgan fingerprint density at radius 3 is 2.54 bits per heavy atom. The number of aromatic nitrogens is 3. The monoisotopic (exact) mass is 376 g/mol. The maximum Gasteiger partial charge on any atom is 0.132 e. The van der Waals surface area contributed by atoms with Gasteiger partial charge in [-0.3, -0.25) is 4.98 Å². The van der Waals surface area contributed by atoms with Crippen LogP contribution >= 0.6 is 0 Å². The first-order chi connectivity index (χ1) is 13.6. The summed E-state index contributed by atoms with van der Waals surface area (Å²) in [6, 6.07) is 13.0. The molecule has 0 aliphatic carbocycles. The number of nitrogens with zero attached hydrogens (tertiary/aromatic N) is 4. The van der Waals surface area contributed by atoms with Gasteiger partial charge in [-0.2, -0.15) is 0 Å². The number of benzene rings is 1. The topological polar surface area (TPSA) is 41.9 Å². The van der Waals surface area contributed by atoms with Gasteiger partial charge in [-0.15, -0.1) is 0 Å². The van der Waals surface area contributed by atoms with Crippen molar-refractivity contribution in [3.8, 4) is 0 Å². The van der Waals surface area contributed by atoms with Gasteiger partial charge < -0.3 is 4.90 Å². The van der Waals surface area contributed by atoms with Crippen molar-refractivity contribution in [1.29, 1.82) is 0 Å². The molecule has 5 heteroatoms. The summed E-state index contributed by atoms with van der Waals surface area (Å²) >= 11 is 0. The molecule has 1 aliphatic heterocycles. The number of hydrogen-bond acceptors (Lipinski definition) is 4. The van der Waals surface area contributed by atoms with Gasteiger partial charge in [0.25, 0.3) is 0 Å². The maximum absolute atomic E-state index is 13.1. The van der Waals surface area contributed by atoms with E-state index in [9.17, 15) is 4.39 Å². The van der Waals surface area contributed by atoms with E-state index in [-0.39, 0.29) is 5.82 Å². The summed E-state index contributed by atoms with van der Waals surface area (Å²) in [6.07, 6.45) is 5.00. The van der Waals surface area contributed by atoms with Crippen molar-refractivity contribution in [3.05, 3.63) is 82.8 Å². The van der Waals surface area contributed by atoms with E-state index in [1.807, 2.05) is 32.2 Å². The van der Waals surface area contributed by atoms with Crippen LogP contribution in [0.4, 0.5) is 10.2 Å². The van der Waals surface area contributed by atoms with Crippen LogP contribution in [-0.2, 0) is 6.42 Å². The molecule has 4 rings (SSSR count). The van der Waals surface area contributed by atoms with E-state index in [4.69, 9.17) is 4.98 Å². The van der Waals surface area contributed by atoms with E-state index in [0.717, 1.165) is 66.5 Å². The maximum atomic E-state index is 13.1. The molecule has 0 saturated carbocycles. The number of pyridine rings is 1. The normalized spacial score (nSPS) is 17.0. The quantitative estimate of drug-likeness (QED) is 0.667. The third kappa shape index (κ3) is 4.35. The van der Waals surface area contributed by atoms with Gasteiger partial charge in [-0.05, 0) is 62.4 Å². The molecule has 144 valence electrons. The Labute approximate surface area is 165 Å². The lowest BCUT2D eigenvalue weighted by atomic mass is 9.93. The van der Waals surface area contributed by atoms with Crippen LogP contribution in [-0.4, -0.2) is 28.0 Å². The summed E-state index contributed by atoms with van der Waals surface area (Å²) in [4.78, 5) is 16.1. The molecule has 2 aromatic heterocycles. The van der Waals surface area contributed by atoms with Crippen LogP contribution < -0.4 is 4.90 Å². The summed E-state index contributed by atoms with van der Waals surface area (Å²) in [6.45, 7) is 5.91. The standard InChI is InChI=1S/C23H25FN4/c1-16-12-23(27-17(2)26-16)28-11-3-4-20(15-28)22-10-7-19(14-25-22)13-18-5-8-21(24)9-6-18/h5-10,12,14,20H,3-4,11,13,15H2,1-2H3/t20-/m0/s1. The highest BCUT2D eigenvalue weighted by atomic mass is 19.1. The zero-order chi connectivity index (χ0) is 19.5. The van der Waals surface area contributed by atoms with Crippen molar-refractivity contribution in [3.63, 3.8) is 0 Å². The second-order valence-electron chi connectivity index (χ2n) is 7.59. The van der Waals surface area contributed by atoms with Gasteiger partial charge in [-0.1, -0.05) is 18.2 Å². The fourth-order valence-corrected chi connectivity index (χ4v) is 3.91. The summed E-state index contributed by atoms with van der Waals surface area (Å²) in [7, 11) is 0. The van der Waals surface area contributed by atoms with Crippen LogP contribution in [0.1, 0.15) is 47.1 Å². The molecule has 0 N–H and O–H groups in total. The average molecular weight is 376 g/mol. The Kier molecular flexibility index (Phi) is 5.33. The predicted octanol–water partition coefficient (Wildman–Crippen LogP) is 4.60. The van der Waals surface area contributed by atoms with E-state index in [1.165, 1.54) is 12.1 Å². The Bertz CT molecular complexity index is 918. The molecule has 1 aliphatic rings. The lowest BCUT2D eigenvalue weighted by Gasteiger charge is -2.33. The summed E-state index contributed by atoms with van der Waals surface area (Å²) in [5.74, 6) is 2.04. The SMILES string of the molecule is Cc1cc(N2CCC[C@H](c3ccc(Cc4ccc(F)cc4)cn3)C2)nc(C)n1. The van der Waals surface area contributed by atoms with Crippen LogP contribution in [0.25, 0.3) is 0 Å². The van der Waals surface area contributed by atoms with Crippen molar-refractivity contribution in [2.24, 2.45) is 0 Å². The first-order valence-corrected chi connectivity index (χ1v) is 9.83. The van der Waals surface area contributed by atoms with Crippen LogP contribution in [0.5, 0.6) is 0 Å². The molecule has 3 heterocycles. The van der Waals surface area contributed by atoms with Crippen molar-refractivity contribution < 1.29 is 4.39 Å². The molecular weight excluding hydrogens is 351 g/mol. The second-order valence-corrected chi connectivity index (χ2v) is 7.59. The zero-order valence-electron chi connectivity index (χ0n) is 16.4. The molecule has 0 unspecified atom stereocenters. The van der Waals surface area contributed by atoms with Gasteiger partial charge in [0.1, 0.15) is 17.5 Å². The van der Waals surface area contributed by atoms with Crippen LogP contribution in [0.15, 0.2) is 48.7 Å². The first kappa shape index (κ1) is 18.5. The minimum Gasteiger partial charge on any atom is -0.356 e. The van der Waals surface area contributed by atoms with E-state index in [0.29, 0.717) is 5.92 Å². The zero-order valence-corrected chi connectivity index (χ0v) is 16.4. The summed E-state index contributed by atoms with van der Waals surface area (Å²) in [5, 5.41) is 0. The summed E-state index contributed by atoms with van der Waals surface area (Å²) in [5.41, 5.74) is 4.38. The van der Waals surface area contributed by atoms with Crippen molar-refractivity contribution in [1.82, 2.24) is 15.0 Å². The highest BCUT2D eigenvalue weighted by Gasteiger charge is 2.23. The summed E-state index contributed by atoms with van der Waals surface area (Å²) < 4.78 is 13.1. The molecule has 0 spiro atoms. The smallest absolute Gasteiger partial charge is 0.132 e.